The van der Waals surface area contributed by atoms with Crippen LogP contribution in [0.25, 0.3) is 0 Å². The van der Waals surface area contributed by atoms with Crippen molar-refractivity contribution < 1.29 is 33.2 Å². The fourth-order valence-corrected chi connectivity index (χ4v) is 2.30. The van der Waals surface area contributed by atoms with E-state index in [4.69, 9.17) is 33.2 Å². The van der Waals surface area contributed by atoms with Gasteiger partial charge in [-0.05, 0) is 34.6 Å². The van der Waals surface area contributed by atoms with Crippen molar-refractivity contribution in [1.82, 2.24) is 0 Å². The Morgan fingerprint density at radius 1 is 0.385 bits per heavy atom. The van der Waals surface area contributed by atoms with E-state index in [1.807, 2.05) is 34.6 Å². The molecule has 7 heteroatoms. The maximum Gasteiger partial charge on any atom is 0.104 e. The standard InChI is InChI=1S/C19H40O7/c1-6-20-11-17(24-8-3)13-22-15-19(26-10-5)16-23-14-18(25-9-4)12-21-7-2/h17-19H,6-16H2,1-5H3. The Kier molecular flexibility index (Phi) is 19.3. The van der Waals surface area contributed by atoms with Crippen molar-refractivity contribution in [1.29, 1.82) is 0 Å². The van der Waals surface area contributed by atoms with E-state index in [-0.39, 0.29) is 18.3 Å². The van der Waals surface area contributed by atoms with Crippen LogP contribution in [0.4, 0.5) is 0 Å². The molecule has 0 bridgehead atoms. The van der Waals surface area contributed by atoms with Gasteiger partial charge in [0.2, 0.25) is 0 Å². The summed E-state index contributed by atoms with van der Waals surface area (Å²) >= 11 is 0. The van der Waals surface area contributed by atoms with Crippen molar-refractivity contribution in [3.63, 3.8) is 0 Å². The minimum Gasteiger partial charge on any atom is -0.379 e. The van der Waals surface area contributed by atoms with E-state index in [9.17, 15) is 0 Å². The summed E-state index contributed by atoms with van der Waals surface area (Å²) in [6.07, 6.45) is -0.239. The molecule has 7 nitrogen and oxygen atoms in total. The van der Waals surface area contributed by atoms with Crippen molar-refractivity contribution in [2.24, 2.45) is 0 Å². The van der Waals surface area contributed by atoms with Crippen LogP contribution in [0, 0.1) is 0 Å². The van der Waals surface area contributed by atoms with Crippen LogP contribution in [0.1, 0.15) is 34.6 Å². The van der Waals surface area contributed by atoms with E-state index in [0.29, 0.717) is 72.7 Å². The highest BCUT2D eigenvalue weighted by Gasteiger charge is 2.15. The van der Waals surface area contributed by atoms with Crippen LogP contribution >= 0.6 is 0 Å². The third-order valence-electron chi connectivity index (χ3n) is 3.44. The van der Waals surface area contributed by atoms with Gasteiger partial charge in [0.05, 0.1) is 39.6 Å². The third-order valence-corrected chi connectivity index (χ3v) is 3.44. The van der Waals surface area contributed by atoms with E-state index < -0.39 is 0 Å². The molecular weight excluding hydrogens is 340 g/mol. The van der Waals surface area contributed by atoms with Crippen molar-refractivity contribution >= 4 is 0 Å². The summed E-state index contributed by atoms with van der Waals surface area (Å²) in [5.74, 6) is 0. The minimum atomic E-state index is -0.122. The van der Waals surface area contributed by atoms with Gasteiger partial charge in [0.1, 0.15) is 18.3 Å². The topological polar surface area (TPSA) is 64.6 Å². The molecule has 0 rings (SSSR count). The van der Waals surface area contributed by atoms with E-state index in [1.54, 1.807) is 0 Å². The average molecular weight is 381 g/mol. The van der Waals surface area contributed by atoms with E-state index in [0.717, 1.165) is 0 Å². The summed E-state index contributed by atoms with van der Waals surface area (Å²) in [6, 6.07) is 0. The molecule has 0 aliphatic carbocycles. The van der Waals surface area contributed by atoms with Gasteiger partial charge in [-0.3, -0.25) is 0 Å². The molecule has 0 heterocycles. The smallest absolute Gasteiger partial charge is 0.104 e. The number of hydrogen-bond acceptors (Lipinski definition) is 7. The average Bonchev–Trinajstić information content (AvgIpc) is 2.64. The number of hydrogen-bond donors (Lipinski definition) is 0. The maximum absolute atomic E-state index is 5.76. The lowest BCUT2D eigenvalue weighted by molar-refractivity contribution is -0.105. The first-order valence-corrected chi connectivity index (χ1v) is 9.87. The van der Waals surface area contributed by atoms with Gasteiger partial charge in [-0.25, -0.2) is 0 Å². The Hall–Kier alpha value is -0.280. The third kappa shape index (κ3) is 14.8. The minimum absolute atomic E-state index is 0.0586. The predicted octanol–water partition coefficient (Wildman–Crippen LogP) is 2.31. The Bertz CT molecular complexity index is 255. The summed E-state index contributed by atoms with van der Waals surface area (Å²) in [4.78, 5) is 0. The zero-order chi connectivity index (χ0) is 19.5. The molecule has 0 aromatic heterocycles. The first-order chi connectivity index (χ1) is 12.7. The zero-order valence-corrected chi connectivity index (χ0v) is 17.4. The first kappa shape index (κ1) is 25.7. The van der Waals surface area contributed by atoms with Crippen molar-refractivity contribution in [3.05, 3.63) is 0 Å². The molecule has 0 N–H and O–H groups in total. The quantitative estimate of drug-likeness (QED) is 0.321. The molecule has 0 saturated carbocycles. The maximum atomic E-state index is 5.76. The normalized spacial score (nSPS) is 15.1. The molecular formula is C19H40O7. The number of ether oxygens (including phenoxy) is 7. The fourth-order valence-electron chi connectivity index (χ4n) is 2.30. The molecule has 0 fully saturated rings. The van der Waals surface area contributed by atoms with E-state index >= 15 is 0 Å². The molecule has 0 aromatic carbocycles. The fraction of sp³-hybridized carbons (Fsp3) is 1.00. The lowest BCUT2D eigenvalue weighted by Gasteiger charge is -2.22. The number of rotatable bonds is 20. The van der Waals surface area contributed by atoms with Crippen LogP contribution in [0.15, 0.2) is 0 Å². The molecule has 0 aliphatic heterocycles. The summed E-state index contributed by atoms with van der Waals surface area (Å²) in [6.45, 7) is 16.0. The van der Waals surface area contributed by atoms with Gasteiger partial charge in [-0.2, -0.15) is 0 Å². The Balaban J connectivity index is 4.12. The second-order valence-corrected chi connectivity index (χ2v) is 5.63. The van der Waals surface area contributed by atoms with Crippen LogP contribution in [-0.4, -0.2) is 91.0 Å². The molecule has 0 spiro atoms. The summed E-state index contributed by atoms with van der Waals surface area (Å²) in [5.41, 5.74) is 0. The molecule has 158 valence electrons. The Morgan fingerprint density at radius 2 is 0.654 bits per heavy atom. The van der Waals surface area contributed by atoms with Gasteiger partial charge in [0.15, 0.2) is 0 Å². The lowest BCUT2D eigenvalue weighted by atomic mass is 10.3. The second-order valence-electron chi connectivity index (χ2n) is 5.63. The largest absolute Gasteiger partial charge is 0.379 e. The SMILES string of the molecule is CCOCC(COCC(COCC(COCC)OCC)OCC)OCC. The monoisotopic (exact) mass is 380 g/mol. The van der Waals surface area contributed by atoms with Crippen LogP contribution in [-0.2, 0) is 33.2 Å². The van der Waals surface area contributed by atoms with Crippen molar-refractivity contribution in [2.45, 2.75) is 52.9 Å². The lowest BCUT2D eigenvalue weighted by Crippen LogP contribution is -2.33. The van der Waals surface area contributed by atoms with E-state index in [2.05, 4.69) is 0 Å². The van der Waals surface area contributed by atoms with Crippen LogP contribution in [0.2, 0.25) is 0 Å². The van der Waals surface area contributed by atoms with Gasteiger partial charge in [0.25, 0.3) is 0 Å². The Morgan fingerprint density at radius 3 is 0.885 bits per heavy atom. The molecule has 2 atom stereocenters. The van der Waals surface area contributed by atoms with Gasteiger partial charge < -0.3 is 33.2 Å². The van der Waals surface area contributed by atoms with Crippen LogP contribution in [0.3, 0.4) is 0 Å². The highest BCUT2D eigenvalue weighted by atomic mass is 16.6. The second kappa shape index (κ2) is 19.5. The van der Waals surface area contributed by atoms with Gasteiger partial charge >= 0.3 is 0 Å². The van der Waals surface area contributed by atoms with Crippen LogP contribution < -0.4 is 0 Å². The Labute approximate surface area is 159 Å². The van der Waals surface area contributed by atoms with Crippen LogP contribution in [0.5, 0.6) is 0 Å². The first-order valence-electron chi connectivity index (χ1n) is 9.87. The van der Waals surface area contributed by atoms with Crippen molar-refractivity contribution in [3.8, 4) is 0 Å². The molecule has 2 unspecified atom stereocenters. The molecule has 26 heavy (non-hydrogen) atoms. The van der Waals surface area contributed by atoms with Gasteiger partial charge in [0, 0.05) is 33.0 Å². The predicted molar refractivity (Wildman–Crippen MR) is 101 cm³/mol. The molecule has 0 saturated heterocycles. The van der Waals surface area contributed by atoms with Gasteiger partial charge in [-0.1, -0.05) is 0 Å². The molecule has 0 aliphatic rings. The summed E-state index contributed by atoms with van der Waals surface area (Å²) in [7, 11) is 0. The molecule has 0 radical (unpaired) electrons. The highest BCUT2D eigenvalue weighted by molar-refractivity contribution is 4.61. The van der Waals surface area contributed by atoms with E-state index in [1.165, 1.54) is 0 Å². The van der Waals surface area contributed by atoms with Gasteiger partial charge in [-0.15, -0.1) is 0 Å². The molecule has 0 aromatic rings. The summed E-state index contributed by atoms with van der Waals surface area (Å²) < 4.78 is 39.3. The zero-order valence-electron chi connectivity index (χ0n) is 17.4. The highest BCUT2D eigenvalue weighted by Crippen LogP contribution is 2.02. The summed E-state index contributed by atoms with van der Waals surface area (Å²) in [5, 5.41) is 0. The van der Waals surface area contributed by atoms with Crippen molar-refractivity contribution in [2.75, 3.05) is 72.7 Å². The molecule has 0 amide bonds.